The van der Waals surface area contributed by atoms with E-state index in [4.69, 9.17) is 0 Å². The summed E-state index contributed by atoms with van der Waals surface area (Å²) in [4.78, 5) is 0. The van der Waals surface area contributed by atoms with Gasteiger partial charge in [0.1, 0.15) is 10.8 Å². The second kappa shape index (κ2) is 5.03. The Labute approximate surface area is 97.3 Å². The van der Waals surface area contributed by atoms with Gasteiger partial charge in [-0.3, -0.25) is 0 Å². The molecule has 0 spiro atoms. The van der Waals surface area contributed by atoms with Crippen molar-refractivity contribution in [1.82, 2.24) is 10.2 Å². The molecule has 0 saturated carbocycles. The fourth-order valence-electron chi connectivity index (χ4n) is 1.37. The Morgan fingerprint density at radius 2 is 2.25 bits per heavy atom. The number of aromatic nitrogens is 2. The van der Waals surface area contributed by atoms with Crippen LogP contribution < -0.4 is 5.32 Å². The van der Waals surface area contributed by atoms with Crippen molar-refractivity contribution in [3.05, 3.63) is 40.7 Å². The maximum atomic E-state index is 12.9. The van der Waals surface area contributed by atoms with Crippen molar-refractivity contribution in [2.24, 2.45) is 0 Å². The van der Waals surface area contributed by atoms with Crippen molar-refractivity contribution in [3.63, 3.8) is 0 Å². The maximum Gasteiger partial charge on any atom is 0.205 e. The molecule has 1 N–H and O–H groups in total. The number of hydrogen-bond acceptors (Lipinski definition) is 4. The Bertz CT molecular complexity index is 470. The minimum Gasteiger partial charge on any atom is -0.360 e. The van der Waals surface area contributed by atoms with Gasteiger partial charge in [0, 0.05) is 6.54 Å². The number of nitrogens with zero attached hydrogens (tertiary/aromatic N) is 2. The quantitative estimate of drug-likeness (QED) is 0.888. The van der Waals surface area contributed by atoms with Gasteiger partial charge in [0.25, 0.3) is 0 Å². The molecule has 3 nitrogen and oxygen atoms in total. The highest BCUT2D eigenvalue weighted by atomic mass is 32.1. The molecular formula is C11H12FN3S. The largest absolute Gasteiger partial charge is 0.360 e. The van der Waals surface area contributed by atoms with Crippen molar-refractivity contribution in [2.45, 2.75) is 13.3 Å². The van der Waals surface area contributed by atoms with Crippen LogP contribution in [0, 0.1) is 12.7 Å². The molecule has 5 heteroatoms. The normalized spacial score (nSPS) is 10.4. The van der Waals surface area contributed by atoms with Crippen LogP contribution in [0.15, 0.2) is 24.3 Å². The number of rotatable bonds is 4. The third-order valence-electron chi connectivity index (χ3n) is 2.10. The van der Waals surface area contributed by atoms with Crippen LogP contribution in [-0.4, -0.2) is 16.7 Å². The molecule has 1 heterocycles. The van der Waals surface area contributed by atoms with E-state index in [1.807, 2.05) is 13.0 Å². The number of aryl methyl sites for hydroxylation is 1. The van der Waals surface area contributed by atoms with Gasteiger partial charge in [-0.2, -0.15) is 0 Å². The van der Waals surface area contributed by atoms with E-state index < -0.39 is 0 Å². The zero-order chi connectivity index (χ0) is 11.4. The van der Waals surface area contributed by atoms with Crippen LogP contribution in [0.5, 0.6) is 0 Å². The number of anilines is 1. The van der Waals surface area contributed by atoms with Gasteiger partial charge in [0.05, 0.1) is 0 Å². The van der Waals surface area contributed by atoms with Crippen LogP contribution in [-0.2, 0) is 6.42 Å². The van der Waals surface area contributed by atoms with E-state index in [0.717, 1.165) is 28.7 Å². The summed E-state index contributed by atoms with van der Waals surface area (Å²) < 4.78 is 12.9. The summed E-state index contributed by atoms with van der Waals surface area (Å²) in [5.41, 5.74) is 0.980. The standard InChI is InChI=1S/C11H12FN3S/c1-8-14-15-11(16-8)13-6-5-9-3-2-4-10(12)7-9/h2-4,7H,5-6H2,1H3,(H,13,15). The SMILES string of the molecule is Cc1nnc(NCCc2cccc(F)c2)s1. The molecule has 0 unspecified atom stereocenters. The number of benzene rings is 1. The minimum absolute atomic E-state index is 0.191. The Morgan fingerprint density at radius 1 is 1.38 bits per heavy atom. The molecule has 2 aromatic rings. The van der Waals surface area contributed by atoms with E-state index in [9.17, 15) is 4.39 Å². The molecule has 0 aliphatic heterocycles. The van der Waals surface area contributed by atoms with Crippen LogP contribution in [0.4, 0.5) is 9.52 Å². The molecule has 2 rings (SSSR count). The van der Waals surface area contributed by atoms with Crippen LogP contribution in [0.2, 0.25) is 0 Å². The van der Waals surface area contributed by atoms with Gasteiger partial charge >= 0.3 is 0 Å². The highest BCUT2D eigenvalue weighted by molar-refractivity contribution is 7.15. The van der Waals surface area contributed by atoms with E-state index in [2.05, 4.69) is 15.5 Å². The monoisotopic (exact) mass is 237 g/mol. The van der Waals surface area contributed by atoms with Crippen LogP contribution in [0.3, 0.4) is 0 Å². The second-order valence-electron chi connectivity index (χ2n) is 3.43. The summed E-state index contributed by atoms with van der Waals surface area (Å²) in [6.45, 7) is 2.65. The van der Waals surface area contributed by atoms with Gasteiger partial charge in [0.15, 0.2) is 0 Å². The topological polar surface area (TPSA) is 37.8 Å². The third kappa shape index (κ3) is 3.00. The lowest BCUT2D eigenvalue weighted by molar-refractivity contribution is 0.625. The highest BCUT2D eigenvalue weighted by Crippen LogP contribution is 2.13. The van der Waals surface area contributed by atoms with E-state index in [1.54, 1.807) is 12.1 Å². The van der Waals surface area contributed by atoms with Crippen LogP contribution >= 0.6 is 11.3 Å². The van der Waals surface area contributed by atoms with Gasteiger partial charge in [-0.25, -0.2) is 4.39 Å². The zero-order valence-electron chi connectivity index (χ0n) is 8.90. The Hall–Kier alpha value is -1.49. The fraction of sp³-hybridized carbons (Fsp3) is 0.273. The van der Waals surface area contributed by atoms with Crippen molar-refractivity contribution in [3.8, 4) is 0 Å². The van der Waals surface area contributed by atoms with E-state index in [-0.39, 0.29) is 5.82 Å². The van der Waals surface area contributed by atoms with Crippen LogP contribution in [0.25, 0.3) is 0 Å². The van der Waals surface area contributed by atoms with Gasteiger partial charge in [-0.1, -0.05) is 23.5 Å². The molecular weight excluding hydrogens is 225 g/mol. The molecule has 1 aromatic heterocycles. The van der Waals surface area contributed by atoms with Crippen LogP contribution in [0.1, 0.15) is 10.6 Å². The number of halogens is 1. The van der Waals surface area contributed by atoms with E-state index >= 15 is 0 Å². The average Bonchev–Trinajstić information content (AvgIpc) is 2.64. The van der Waals surface area contributed by atoms with Crippen molar-refractivity contribution < 1.29 is 4.39 Å². The first kappa shape index (κ1) is 11.0. The highest BCUT2D eigenvalue weighted by Gasteiger charge is 1.99. The molecule has 0 amide bonds. The first-order valence-corrected chi connectivity index (χ1v) is 5.84. The maximum absolute atomic E-state index is 12.9. The fourth-order valence-corrected chi connectivity index (χ4v) is 1.99. The smallest absolute Gasteiger partial charge is 0.205 e. The van der Waals surface area contributed by atoms with Gasteiger partial charge in [-0.15, -0.1) is 10.2 Å². The summed E-state index contributed by atoms with van der Waals surface area (Å²) in [6, 6.07) is 6.63. The first-order valence-electron chi connectivity index (χ1n) is 5.02. The minimum atomic E-state index is -0.191. The lowest BCUT2D eigenvalue weighted by atomic mass is 10.1. The Balaban J connectivity index is 1.84. The molecule has 1 aromatic carbocycles. The summed E-state index contributed by atoms with van der Waals surface area (Å²) in [7, 11) is 0. The predicted molar refractivity (Wildman–Crippen MR) is 63.2 cm³/mol. The Kier molecular flexibility index (Phi) is 3.46. The van der Waals surface area contributed by atoms with Crippen molar-refractivity contribution >= 4 is 16.5 Å². The third-order valence-corrected chi connectivity index (χ3v) is 2.90. The van der Waals surface area contributed by atoms with E-state index in [1.165, 1.54) is 17.4 Å². The average molecular weight is 237 g/mol. The van der Waals surface area contributed by atoms with Gasteiger partial charge in [-0.05, 0) is 31.0 Å². The molecule has 84 valence electrons. The summed E-state index contributed by atoms with van der Waals surface area (Å²) in [5, 5.41) is 12.8. The zero-order valence-corrected chi connectivity index (χ0v) is 9.72. The van der Waals surface area contributed by atoms with Gasteiger partial charge in [0.2, 0.25) is 5.13 Å². The molecule has 0 saturated heterocycles. The summed E-state index contributed by atoms with van der Waals surface area (Å²) >= 11 is 1.52. The van der Waals surface area contributed by atoms with Crippen molar-refractivity contribution in [2.75, 3.05) is 11.9 Å². The molecule has 0 aliphatic carbocycles. The lowest BCUT2D eigenvalue weighted by Gasteiger charge is -2.02. The molecule has 0 atom stereocenters. The molecule has 0 aliphatic rings. The molecule has 16 heavy (non-hydrogen) atoms. The Morgan fingerprint density at radius 3 is 2.94 bits per heavy atom. The first-order chi connectivity index (χ1) is 7.74. The molecule has 0 bridgehead atoms. The number of nitrogens with one attached hydrogen (secondary N) is 1. The molecule has 0 fully saturated rings. The number of hydrogen-bond donors (Lipinski definition) is 1. The van der Waals surface area contributed by atoms with Gasteiger partial charge < -0.3 is 5.32 Å². The second-order valence-corrected chi connectivity index (χ2v) is 4.61. The summed E-state index contributed by atoms with van der Waals surface area (Å²) in [6.07, 6.45) is 0.774. The van der Waals surface area contributed by atoms with Crippen molar-refractivity contribution in [1.29, 1.82) is 0 Å². The van der Waals surface area contributed by atoms with E-state index in [0.29, 0.717) is 0 Å². The molecule has 0 radical (unpaired) electrons. The lowest BCUT2D eigenvalue weighted by Crippen LogP contribution is -2.04. The summed E-state index contributed by atoms with van der Waals surface area (Å²) in [5.74, 6) is -0.191. The predicted octanol–water partition coefficient (Wildman–Crippen LogP) is 2.64.